The van der Waals surface area contributed by atoms with Crippen LogP contribution >= 0.6 is 0 Å². The highest BCUT2D eigenvalue weighted by Crippen LogP contribution is 2.10. The minimum atomic E-state index is -0.0892. The van der Waals surface area contributed by atoms with E-state index in [0.717, 1.165) is 5.69 Å². The van der Waals surface area contributed by atoms with E-state index in [1.807, 2.05) is 30.3 Å². The first-order valence-corrected chi connectivity index (χ1v) is 6.90. The lowest BCUT2D eigenvalue weighted by Crippen LogP contribution is -2.34. The van der Waals surface area contributed by atoms with Crippen LogP contribution in [-0.4, -0.2) is 46.1 Å². The number of benzene rings is 1. The Morgan fingerprint density at radius 1 is 1.19 bits per heavy atom. The largest absolute Gasteiger partial charge is 0.354 e. The first kappa shape index (κ1) is 13.4. The Hall–Kier alpha value is -2.63. The molecule has 0 saturated carbocycles. The Kier molecular flexibility index (Phi) is 3.68. The number of nitrogens with one attached hydrogen (secondary N) is 1. The summed E-state index contributed by atoms with van der Waals surface area (Å²) in [7, 11) is 0. The van der Waals surface area contributed by atoms with Crippen molar-refractivity contribution in [3.8, 4) is 5.69 Å². The number of aromatic nitrogens is 2. The summed E-state index contributed by atoms with van der Waals surface area (Å²) in [6, 6.07) is 9.63. The van der Waals surface area contributed by atoms with Gasteiger partial charge in [-0.25, -0.2) is 4.68 Å². The molecular weight excluding hydrogens is 268 g/mol. The van der Waals surface area contributed by atoms with Crippen molar-refractivity contribution in [3.63, 3.8) is 0 Å². The van der Waals surface area contributed by atoms with Crippen LogP contribution < -0.4 is 5.32 Å². The number of hydrogen-bond donors (Lipinski definition) is 1. The molecule has 0 bridgehead atoms. The number of amides is 2. The van der Waals surface area contributed by atoms with Gasteiger partial charge in [0.05, 0.1) is 17.4 Å². The second-order valence-electron chi connectivity index (χ2n) is 4.90. The molecule has 2 aromatic rings. The Morgan fingerprint density at radius 2 is 2.00 bits per heavy atom. The molecule has 0 atom stereocenters. The quantitative estimate of drug-likeness (QED) is 0.888. The van der Waals surface area contributed by atoms with Gasteiger partial charge in [-0.1, -0.05) is 18.2 Å². The lowest BCUT2D eigenvalue weighted by Gasteiger charge is -2.18. The second-order valence-corrected chi connectivity index (χ2v) is 4.90. The van der Waals surface area contributed by atoms with Gasteiger partial charge in [-0.2, -0.15) is 5.10 Å². The molecule has 1 fully saturated rings. The van der Waals surface area contributed by atoms with Crippen LogP contribution in [0.2, 0.25) is 0 Å². The summed E-state index contributed by atoms with van der Waals surface area (Å²) in [6.45, 7) is 1.47. The molecular formula is C15H16N4O2. The molecule has 6 nitrogen and oxygen atoms in total. The fourth-order valence-electron chi connectivity index (χ4n) is 2.31. The third-order valence-electron chi connectivity index (χ3n) is 3.45. The van der Waals surface area contributed by atoms with Crippen molar-refractivity contribution in [1.29, 1.82) is 0 Å². The third-order valence-corrected chi connectivity index (χ3v) is 3.45. The Morgan fingerprint density at radius 3 is 2.81 bits per heavy atom. The SMILES string of the molecule is O=C1CCN(C(=O)c2cnn(-c3ccccc3)c2)CCN1. The average molecular weight is 284 g/mol. The van der Waals surface area contributed by atoms with Gasteiger partial charge in [0, 0.05) is 32.3 Å². The van der Waals surface area contributed by atoms with Gasteiger partial charge in [0.15, 0.2) is 0 Å². The number of para-hydroxylation sites is 1. The van der Waals surface area contributed by atoms with E-state index in [1.54, 1.807) is 22.0 Å². The summed E-state index contributed by atoms with van der Waals surface area (Å²) in [6.07, 6.45) is 3.63. The molecule has 0 spiro atoms. The fourth-order valence-corrected chi connectivity index (χ4v) is 2.31. The average Bonchev–Trinajstić information content (AvgIpc) is 2.91. The van der Waals surface area contributed by atoms with Crippen LogP contribution in [0.3, 0.4) is 0 Å². The molecule has 2 amide bonds. The highest BCUT2D eigenvalue weighted by molar-refractivity contribution is 5.94. The lowest BCUT2D eigenvalue weighted by atomic mass is 10.3. The summed E-state index contributed by atoms with van der Waals surface area (Å²) in [5.74, 6) is -0.0982. The highest BCUT2D eigenvalue weighted by atomic mass is 16.2. The normalized spacial score (nSPS) is 15.4. The molecule has 1 N–H and O–H groups in total. The molecule has 1 saturated heterocycles. The van der Waals surface area contributed by atoms with Gasteiger partial charge in [-0.05, 0) is 12.1 Å². The smallest absolute Gasteiger partial charge is 0.257 e. The van der Waals surface area contributed by atoms with E-state index in [4.69, 9.17) is 0 Å². The van der Waals surface area contributed by atoms with Crippen LogP contribution in [0, 0.1) is 0 Å². The molecule has 21 heavy (non-hydrogen) atoms. The van der Waals surface area contributed by atoms with Gasteiger partial charge >= 0.3 is 0 Å². The van der Waals surface area contributed by atoms with Gasteiger partial charge in [-0.3, -0.25) is 9.59 Å². The Labute approximate surface area is 122 Å². The first-order chi connectivity index (χ1) is 10.2. The van der Waals surface area contributed by atoms with Crippen molar-refractivity contribution in [2.45, 2.75) is 6.42 Å². The van der Waals surface area contributed by atoms with E-state index in [2.05, 4.69) is 10.4 Å². The topological polar surface area (TPSA) is 67.2 Å². The van der Waals surface area contributed by atoms with Crippen LogP contribution in [0.15, 0.2) is 42.7 Å². The minimum Gasteiger partial charge on any atom is -0.354 e. The predicted molar refractivity (Wildman–Crippen MR) is 77.1 cm³/mol. The molecule has 6 heteroatoms. The van der Waals surface area contributed by atoms with Crippen LogP contribution in [0.4, 0.5) is 0 Å². The van der Waals surface area contributed by atoms with Crippen LogP contribution in [0.1, 0.15) is 16.8 Å². The van der Waals surface area contributed by atoms with Crippen molar-refractivity contribution < 1.29 is 9.59 Å². The van der Waals surface area contributed by atoms with Crippen molar-refractivity contribution in [2.24, 2.45) is 0 Å². The number of hydrogen-bond acceptors (Lipinski definition) is 3. The van der Waals surface area contributed by atoms with Crippen LogP contribution in [0.25, 0.3) is 5.69 Å². The van der Waals surface area contributed by atoms with Crippen LogP contribution in [0.5, 0.6) is 0 Å². The van der Waals surface area contributed by atoms with Crippen molar-refractivity contribution >= 4 is 11.8 Å². The predicted octanol–water partition coefficient (Wildman–Crippen LogP) is 0.834. The first-order valence-electron chi connectivity index (χ1n) is 6.90. The molecule has 108 valence electrons. The zero-order valence-corrected chi connectivity index (χ0v) is 11.5. The van der Waals surface area contributed by atoms with E-state index in [9.17, 15) is 9.59 Å². The maximum Gasteiger partial charge on any atom is 0.257 e. The number of carbonyl (C=O) groups excluding carboxylic acids is 2. The monoisotopic (exact) mass is 284 g/mol. The summed E-state index contributed by atoms with van der Waals surface area (Å²) >= 11 is 0. The van der Waals surface area contributed by atoms with E-state index >= 15 is 0 Å². The summed E-state index contributed by atoms with van der Waals surface area (Å²) in [4.78, 5) is 25.4. The molecule has 0 aliphatic carbocycles. The Bertz CT molecular complexity index is 651. The van der Waals surface area contributed by atoms with Gasteiger partial charge in [-0.15, -0.1) is 0 Å². The van der Waals surface area contributed by atoms with Crippen molar-refractivity contribution in [2.75, 3.05) is 19.6 Å². The van der Waals surface area contributed by atoms with Gasteiger partial charge in [0.2, 0.25) is 5.91 Å². The Balaban J connectivity index is 1.76. The minimum absolute atomic E-state index is 0.00900. The molecule has 0 unspecified atom stereocenters. The molecule has 1 aliphatic rings. The molecule has 3 rings (SSSR count). The van der Waals surface area contributed by atoms with E-state index in [1.165, 1.54) is 0 Å². The standard InChI is InChI=1S/C15H16N4O2/c20-14-6-8-18(9-7-16-14)15(21)12-10-17-19(11-12)13-4-2-1-3-5-13/h1-5,10-11H,6-9H2,(H,16,20). The van der Waals surface area contributed by atoms with E-state index in [0.29, 0.717) is 31.6 Å². The maximum absolute atomic E-state index is 12.4. The molecule has 2 heterocycles. The maximum atomic E-state index is 12.4. The molecule has 0 radical (unpaired) electrons. The van der Waals surface area contributed by atoms with Gasteiger partial charge < -0.3 is 10.2 Å². The summed E-state index contributed by atoms with van der Waals surface area (Å²) in [5.41, 5.74) is 1.44. The third kappa shape index (κ3) is 2.94. The summed E-state index contributed by atoms with van der Waals surface area (Å²) < 4.78 is 1.68. The molecule has 1 aromatic heterocycles. The zero-order valence-electron chi connectivity index (χ0n) is 11.5. The lowest BCUT2D eigenvalue weighted by molar-refractivity contribution is -0.120. The number of carbonyl (C=O) groups is 2. The highest BCUT2D eigenvalue weighted by Gasteiger charge is 2.20. The second kappa shape index (κ2) is 5.78. The molecule has 1 aliphatic heterocycles. The van der Waals surface area contributed by atoms with Crippen molar-refractivity contribution in [3.05, 3.63) is 48.3 Å². The summed E-state index contributed by atoms with van der Waals surface area (Å²) in [5, 5.41) is 6.99. The van der Waals surface area contributed by atoms with Crippen LogP contribution in [-0.2, 0) is 4.79 Å². The fraction of sp³-hybridized carbons (Fsp3) is 0.267. The van der Waals surface area contributed by atoms with Gasteiger partial charge in [0.1, 0.15) is 0 Å². The van der Waals surface area contributed by atoms with E-state index < -0.39 is 0 Å². The number of rotatable bonds is 2. The van der Waals surface area contributed by atoms with Crippen molar-refractivity contribution in [1.82, 2.24) is 20.0 Å². The molecule has 1 aromatic carbocycles. The van der Waals surface area contributed by atoms with Gasteiger partial charge in [0.25, 0.3) is 5.91 Å². The zero-order chi connectivity index (χ0) is 14.7. The number of nitrogens with zero attached hydrogens (tertiary/aromatic N) is 3. The van der Waals surface area contributed by atoms with E-state index in [-0.39, 0.29) is 11.8 Å².